The van der Waals surface area contributed by atoms with Gasteiger partial charge < -0.3 is 10.1 Å². The summed E-state index contributed by atoms with van der Waals surface area (Å²) in [5.41, 5.74) is 0.973. The second kappa shape index (κ2) is 9.46. The van der Waals surface area contributed by atoms with E-state index in [4.69, 9.17) is 4.74 Å². The Hall–Kier alpha value is -2.02. The number of thioether (sulfide) groups is 1. The van der Waals surface area contributed by atoms with Crippen LogP contribution in [0.25, 0.3) is 11.4 Å². The van der Waals surface area contributed by atoms with Crippen LogP contribution >= 0.6 is 11.8 Å². The number of nitrogens with one attached hydrogen (secondary N) is 1. The highest BCUT2D eigenvalue weighted by atomic mass is 32.2. The Bertz CT molecular complexity index is 683. The number of benzene rings is 1. The zero-order valence-electron chi connectivity index (χ0n) is 15.3. The molecule has 0 atom stereocenters. The number of methoxy groups -OCH3 is 1. The van der Waals surface area contributed by atoms with E-state index in [0.717, 1.165) is 41.7 Å². The SMILES string of the molecule is CCCCNC(=O)CSc1nnc(-c2ccc(OC)cc2)n1C(C)C. The Labute approximate surface area is 153 Å². The van der Waals surface area contributed by atoms with E-state index < -0.39 is 0 Å². The van der Waals surface area contributed by atoms with Crippen molar-refractivity contribution in [2.45, 2.75) is 44.8 Å². The number of nitrogens with zero attached hydrogens (tertiary/aromatic N) is 3. The van der Waals surface area contributed by atoms with Crippen molar-refractivity contribution >= 4 is 17.7 Å². The van der Waals surface area contributed by atoms with E-state index in [-0.39, 0.29) is 11.9 Å². The number of rotatable bonds is 9. The smallest absolute Gasteiger partial charge is 0.230 e. The Morgan fingerprint density at radius 3 is 2.60 bits per heavy atom. The van der Waals surface area contributed by atoms with Crippen LogP contribution in [-0.4, -0.2) is 40.1 Å². The van der Waals surface area contributed by atoms with E-state index in [1.54, 1.807) is 7.11 Å². The third kappa shape index (κ3) is 5.22. The van der Waals surface area contributed by atoms with Gasteiger partial charge in [-0.1, -0.05) is 25.1 Å². The summed E-state index contributed by atoms with van der Waals surface area (Å²) in [5.74, 6) is 1.98. The van der Waals surface area contributed by atoms with Crippen LogP contribution in [0, 0.1) is 0 Å². The van der Waals surface area contributed by atoms with Gasteiger partial charge >= 0.3 is 0 Å². The van der Waals surface area contributed by atoms with Gasteiger partial charge in [0.1, 0.15) is 5.75 Å². The lowest BCUT2D eigenvalue weighted by molar-refractivity contribution is -0.118. The fourth-order valence-corrected chi connectivity index (χ4v) is 3.26. The molecule has 1 aromatic carbocycles. The Morgan fingerprint density at radius 2 is 2.00 bits per heavy atom. The van der Waals surface area contributed by atoms with Gasteiger partial charge in [-0.15, -0.1) is 10.2 Å². The first-order chi connectivity index (χ1) is 12.1. The molecular weight excluding hydrogens is 336 g/mol. The number of hydrogen-bond acceptors (Lipinski definition) is 5. The van der Waals surface area contributed by atoms with Crippen LogP contribution in [0.2, 0.25) is 0 Å². The molecule has 0 fully saturated rings. The summed E-state index contributed by atoms with van der Waals surface area (Å²) in [4.78, 5) is 11.9. The first-order valence-corrected chi connectivity index (χ1v) is 9.54. The molecule has 0 bridgehead atoms. The van der Waals surface area contributed by atoms with Crippen molar-refractivity contribution in [3.8, 4) is 17.1 Å². The maximum atomic E-state index is 11.9. The molecule has 1 N–H and O–H groups in total. The standard InChI is InChI=1S/C18H26N4O2S/c1-5-6-11-19-16(23)12-25-18-21-20-17(22(18)13(2)3)14-7-9-15(24-4)10-8-14/h7-10,13H,5-6,11-12H2,1-4H3,(H,19,23). The van der Waals surface area contributed by atoms with Gasteiger partial charge in [0.15, 0.2) is 11.0 Å². The molecule has 6 nitrogen and oxygen atoms in total. The quantitative estimate of drug-likeness (QED) is 0.546. The molecule has 1 heterocycles. The number of carbonyl (C=O) groups excluding carboxylic acids is 1. The van der Waals surface area contributed by atoms with E-state index in [2.05, 4.69) is 40.9 Å². The molecule has 25 heavy (non-hydrogen) atoms. The van der Waals surface area contributed by atoms with E-state index in [1.165, 1.54) is 11.8 Å². The molecule has 2 rings (SSSR count). The van der Waals surface area contributed by atoms with E-state index in [0.29, 0.717) is 5.75 Å². The van der Waals surface area contributed by atoms with Gasteiger partial charge in [-0.3, -0.25) is 9.36 Å². The fourth-order valence-electron chi connectivity index (χ4n) is 2.36. The number of ether oxygens (including phenoxy) is 1. The highest BCUT2D eigenvalue weighted by molar-refractivity contribution is 7.99. The van der Waals surface area contributed by atoms with Crippen LogP contribution in [0.5, 0.6) is 5.75 Å². The molecule has 136 valence electrons. The monoisotopic (exact) mass is 362 g/mol. The lowest BCUT2D eigenvalue weighted by Gasteiger charge is -2.14. The normalized spacial score (nSPS) is 10.9. The molecule has 1 amide bonds. The molecule has 0 aliphatic rings. The third-order valence-electron chi connectivity index (χ3n) is 3.71. The van der Waals surface area contributed by atoms with E-state index in [1.807, 2.05) is 24.3 Å². The van der Waals surface area contributed by atoms with Crippen molar-refractivity contribution in [2.75, 3.05) is 19.4 Å². The second-order valence-electron chi connectivity index (χ2n) is 5.99. The van der Waals surface area contributed by atoms with Crippen molar-refractivity contribution in [2.24, 2.45) is 0 Å². The largest absolute Gasteiger partial charge is 0.497 e. The minimum absolute atomic E-state index is 0.0303. The average Bonchev–Trinajstić information content (AvgIpc) is 3.04. The topological polar surface area (TPSA) is 69.0 Å². The Morgan fingerprint density at radius 1 is 1.28 bits per heavy atom. The summed E-state index contributed by atoms with van der Waals surface area (Å²) in [5, 5.41) is 12.3. The van der Waals surface area contributed by atoms with Gasteiger partial charge in [0.25, 0.3) is 0 Å². The van der Waals surface area contributed by atoms with Crippen molar-refractivity contribution in [3.63, 3.8) is 0 Å². The highest BCUT2D eigenvalue weighted by Crippen LogP contribution is 2.28. The summed E-state index contributed by atoms with van der Waals surface area (Å²) in [6.07, 6.45) is 2.07. The first kappa shape index (κ1) is 19.3. The molecular formula is C18H26N4O2S. The van der Waals surface area contributed by atoms with Crippen LogP contribution in [0.1, 0.15) is 39.7 Å². The van der Waals surface area contributed by atoms with Crippen molar-refractivity contribution in [3.05, 3.63) is 24.3 Å². The predicted octanol–water partition coefficient (Wildman–Crippen LogP) is 3.54. The number of amides is 1. The molecule has 0 aliphatic heterocycles. The molecule has 1 aromatic heterocycles. The molecule has 0 radical (unpaired) electrons. The summed E-state index contributed by atoms with van der Waals surface area (Å²) >= 11 is 1.42. The highest BCUT2D eigenvalue weighted by Gasteiger charge is 2.17. The maximum absolute atomic E-state index is 11.9. The number of aromatic nitrogens is 3. The van der Waals surface area contributed by atoms with Crippen LogP contribution in [-0.2, 0) is 4.79 Å². The van der Waals surface area contributed by atoms with Gasteiger partial charge in [-0.05, 0) is 44.5 Å². The van der Waals surface area contributed by atoms with Gasteiger partial charge in [0.05, 0.1) is 12.9 Å². The van der Waals surface area contributed by atoms with Gasteiger partial charge in [-0.25, -0.2) is 0 Å². The van der Waals surface area contributed by atoms with Gasteiger partial charge in [0.2, 0.25) is 5.91 Å². The zero-order chi connectivity index (χ0) is 18.2. The molecule has 0 unspecified atom stereocenters. The summed E-state index contributed by atoms with van der Waals surface area (Å²) in [6.45, 7) is 7.00. The van der Waals surface area contributed by atoms with Crippen LogP contribution in [0.15, 0.2) is 29.4 Å². The number of unbranched alkanes of at least 4 members (excludes halogenated alkanes) is 1. The van der Waals surface area contributed by atoms with Crippen molar-refractivity contribution in [1.82, 2.24) is 20.1 Å². The zero-order valence-corrected chi connectivity index (χ0v) is 16.1. The van der Waals surface area contributed by atoms with Crippen LogP contribution < -0.4 is 10.1 Å². The number of carbonyl (C=O) groups is 1. The minimum atomic E-state index is 0.0303. The lowest BCUT2D eigenvalue weighted by atomic mass is 10.2. The molecule has 0 aliphatic carbocycles. The summed E-state index contributed by atoms with van der Waals surface area (Å²) in [7, 11) is 1.64. The predicted molar refractivity (Wildman–Crippen MR) is 101 cm³/mol. The third-order valence-corrected chi connectivity index (χ3v) is 4.66. The van der Waals surface area contributed by atoms with Gasteiger partial charge in [0, 0.05) is 18.2 Å². The van der Waals surface area contributed by atoms with E-state index >= 15 is 0 Å². The molecule has 2 aromatic rings. The molecule has 0 spiro atoms. The summed E-state index contributed by atoms with van der Waals surface area (Å²) < 4.78 is 7.26. The average molecular weight is 362 g/mol. The maximum Gasteiger partial charge on any atom is 0.230 e. The second-order valence-corrected chi connectivity index (χ2v) is 6.93. The van der Waals surface area contributed by atoms with Crippen molar-refractivity contribution < 1.29 is 9.53 Å². The Kier molecular flexibility index (Phi) is 7.31. The molecule has 0 saturated carbocycles. The number of hydrogen-bond donors (Lipinski definition) is 1. The summed E-state index contributed by atoms with van der Waals surface area (Å²) in [6, 6.07) is 7.94. The van der Waals surface area contributed by atoms with Crippen LogP contribution in [0.4, 0.5) is 0 Å². The van der Waals surface area contributed by atoms with E-state index in [9.17, 15) is 4.79 Å². The minimum Gasteiger partial charge on any atom is -0.497 e. The van der Waals surface area contributed by atoms with Gasteiger partial charge in [-0.2, -0.15) is 0 Å². The molecule has 0 saturated heterocycles. The Balaban J connectivity index is 2.11. The van der Waals surface area contributed by atoms with Crippen molar-refractivity contribution in [1.29, 1.82) is 0 Å². The fraction of sp³-hybridized carbons (Fsp3) is 0.500. The first-order valence-electron chi connectivity index (χ1n) is 8.55. The van der Waals surface area contributed by atoms with Crippen LogP contribution in [0.3, 0.4) is 0 Å². The molecule has 7 heteroatoms. The lowest BCUT2D eigenvalue weighted by Crippen LogP contribution is -2.26.